The lowest BCUT2D eigenvalue weighted by Gasteiger charge is -2.09. The summed E-state index contributed by atoms with van der Waals surface area (Å²) >= 11 is 0. The number of ketones is 1. The first-order valence-electron chi connectivity index (χ1n) is 6.60. The van der Waals surface area contributed by atoms with Gasteiger partial charge in [0.15, 0.2) is 5.78 Å². The zero-order valence-electron chi connectivity index (χ0n) is 11.6. The van der Waals surface area contributed by atoms with Crippen LogP contribution < -0.4 is 4.74 Å². The summed E-state index contributed by atoms with van der Waals surface area (Å²) in [7, 11) is 0. The van der Waals surface area contributed by atoms with Crippen LogP contribution in [0.2, 0.25) is 0 Å². The van der Waals surface area contributed by atoms with Crippen LogP contribution in [0.25, 0.3) is 0 Å². The summed E-state index contributed by atoms with van der Waals surface area (Å²) in [4.78, 5) is 12.2. The molecule has 0 unspecified atom stereocenters. The number of ether oxygens (including phenoxy) is 1. The second-order valence-corrected chi connectivity index (χ2v) is 5.04. The Morgan fingerprint density at radius 3 is 2.35 bits per heavy atom. The van der Waals surface area contributed by atoms with Gasteiger partial charge in [-0.25, -0.2) is 4.39 Å². The van der Waals surface area contributed by atoms with Crippen molar-refractivity contribution >= 4 is 5.78 Å². The van der Waals surface area contributed by atoms with E-state index in [-0.39, 0.29) is 11.3 Å². The van der Waals surface area contributed by atoms with Gasteiger partial charge in [-0.2, -0.15) is 0 Å². The van der Waals surface area contributed by atoms with Gasteiger partial charge in [-0.1, -0.05) is 26.0 Å². The fourth-order valence-corrected chi connectivity index (χ4v) is 1.77. The summed E-state index contributed by atoms with van der Waals surface area (Å²) < 4.78 is 19.1. The Kier molecular flexibility index (Phi) is 4.51. The molecule has 2 aromatic rings. The van der Waals surface area contributed by atoms with Crippen molar-refractivity contribution < 1.29 is 13.9 Å². The lowest BCUT2D eigenvalue weighted by Crippen LogP contribution is -2.06. The quantitative estimate of drug-likeness (QED) is 0.766. The zero-order valence-corrected chi connectivity index (χ0v) is 11.6. The summed E-state index contributed by atoms with van der Waals surface area (Å²) in [6, 6.07) is 12.8. The van der Waals surface area contributed by atoms with Gasteiger partial charge in [0.25, 0.3) is 0 Å². The fraction of sp³-hybridized carbons (Fsp3) is 0.235. The topological polar surface area (TPSA) is 26.3 Å². The Bertz CT molecular complexity index is 588. The molecule has 0 aliphatic carbocycles. The molecule has 0 radical (unpaired) electrons. The maximum Gasteiger partial charge on any atom is 0.195 e. The van der Waals surface area contributed by atoms with E-state index in [0.717, 1.165) is 0 Å². The molecule has 3 heteroatoms. The number of benzene rings is 2. The number of carbonyl (C=O) groups is 1. The molecule has 0 saturated carbocycles. The molecule has 0 bridgehead atoms. The molecule has 0 fully saturated rings. The van der Waals surface area contributed by atoms with Crippen LogP contribution in [0.15, 0.2) is 48.5 Å². The van der Waals surface area contributed by atoms with Crippen LogP contribution >= 0.6 is 0 Å². The third kappa shape index (κ3) is 3.44. The molecule has 0 atom stereocenters. The SMILES string of the molecule is CC(C)COc1ccc(C(=O)c2ccccc2F)cc1. The summed E-state index contributed by atoms with van der Waals surface area (Å²) in [6.07, 6.45) is 0. The van der Waals surface area contributed by atoms with Gasteiger partial charge in [0.2, 0.25) is 0 Å². The minimum absolute atomic E-state index is 0.0864. The van der Waals surface area contributed by atoms with Crippen molar-refractivity contribution in [1.82, 2.24) is 0 Å². The van der Waals surface area contributed by atoms with Crippen molar-refractivity contribution in [3.05, 3.63) is 65.5 Å². The van der Waals surface area contributed by atoms with Crippen LogP contribution in [0.4, 0.5) is 4.39 Å². The summed E-state index contributed by atoms with van der Waals surface area (Å²) in [5.74, 6) is 0.328. The van der Waals surface area contributed by atoms with Gasteiger partial charge in [-0.05, 0) is 42.3 Å². The number of hydrogen-bond acceptors (Lipinski definition) is 2. The normalized spacial score (nSPS) is 10.6. The minimum Gasteiger partial charge on any atom is -0.493 e. The average Bonchev–Trinajstić information content (AvgIpc) is 2.45. The highest BCUT2D eigenvalue weighted by Gasteiger charge is 2.13. The molecule has 104 valence electrons. The fourth-order valence-electron chi connectivity index (χ4n) is 1.77. The molecular formula is C17H17FO2. The van der Waals surface area contributed by atoms with Crippen LogP contribution in [0.5, 0.6) is 5.75 Å². The molecule has 0 aliphatic heterocycles. The van der Waals surface area contributed by atoms with Crippen molar-refractivity contribution in [3.8, 4) is 5.75 Å². The predicted octanol–water partition coefficient (Wildman–Crippen LogP) is 4.09. The Morgan fingerprint density at radius 2 is 1.75 bits per heavy atom. The number of rotatable bonds is 5. The van der Waals surface area contributed by atoms with Crippen LogP contribution in [0, 0.1) is 11.7 Å². The molecule has 0 amide bonds. The molecule has 0 saturated heterocycles. The Labute approximate surface area is 118 Å². The number of carbonyl (C=O) groups excluding carboxylic acids is 1. The van der Waals surface area contributed by atoms with E-state index in [1.165, 1.54) is 12.1 Å². The largest absolute Gasteiger partial charge is 0.493 e. The zero-order chi connectivity index (χ0) is 14.5. The van der Waals surface area contributed by atoms with E-state index in [9.17, 15) is 9.18 Å². The summed E-state index contributed by atoms with van der Waals surface area (Å²) in [5.41, 5.74) is 0.537. The molecule has 2 nitrogen and oxygen atoms in total. The van der Waals surface area contributed by atoms with E-state index in [0.29, 0.717) is 23.8 Å². The van der Waals surface area contributed by atoms with E-state index >= 15 is 0 Å². The van der Waals surface area contributed by atoms with Crippen LogP contribution in [-0.2, 0) is 0 Å². The van der Waals surface area contributed by atoms with Gasteiger partial charge in [-0.3, -0.25) is 4.79 Å². The highest BCUT2D eigenvalue weighted by Crippen LogP contribution is 2.17. The average molecular weight is 272 g/mol. The van der Waals surface area contributed by atoms with Crippen LogP contribution in [-0.4, -0.2) is 12.4 Å². The molecule has 2 aromatic carbocycles. The van der Waals surface area contributed by atoms with Crippen molar-refractivity contribution in [2.24, 2.45) is 5.92 Å². The second-order valence-electron chi connectivity index (χ2n) is 5.04. The molecule has 0 aliphatic rings. The molecule has 0 spiro atoms. The van der Waals surface area contributed by atoms with E-state index in [1.807, 2.05) is 0 Å². The number of halogens is 1. The van der Waals surface area contributed by atoms with Gasteiger partial charge < -0.3 is 4.74 Å². The minimum atomic E-state index is -0.502. The van der Waals surface area contributed by atoms with E-state index < -0.39 is 5.82 Å². The second kappa shape index (κ2) is 6.33. The monoisotopic (exact) mass is 272 g/mol. The summed E-state index contributed by atoms with van der Waals surface area (Å²) in [5, 5.41) is 0. The highest BCUT2D eigenvalue weighted by molar-refractivity contribution is 6.09. The first-order valence-corrected chi connectivity index (χ1v) is 6.60. The van der Waals surface area contributed by atoms with Gasteiger partial charge in [0.05, 0.1) is 12.2 Å². The lowest BCUT2D eigenvalue weighted by atomic mass is 10.0. The maximum atomic E-state index is 13.6. The molecule has 20 heavy (non-hydrogen) atoms. The maximum absolute atomic E-state index is 13.6. The van der Waals surface area contributed by atoms with Crippen LogP contribution in [0.3, 0.4) is 0 Å². The van der Waals surface area contributed by atoms with E-state index in [4.69, 9.17) is 4.74 Å². The smallest absolute Gasteiger partial charge is 0.195 e. The molecule has 0 aromatic heterocycles. The molecule has 0 heterocycles. The Morgan fingerprint density at radius 1 is 1.10 bits per heavy atom. The van der Waals surface area contributed by atoms with Crippen molar-refractivity contribution in [3.63, 3.8) is 0 Å². The van der Waals surface area contributed by atoms with Gasteiger partial charge in [0.1, 0.15) is 11.6 Å². The Hall–Kier alpha value is -2.16. The molecule has 2 rings (SSSR count). The van der Waals surface area contributed by atoms with E-state index in [1.54, 1.807) is 36.4 Å². The third-order valence-electron chi connectivity index (χ3n) is 2.82. The molecule has 0 N–H and O–H groups in total. The van der Waals surface area contributed by atoms with Gasteiger partial charge in [0, 0.05) is 5.56 Å². The van der Waals surface area contributed by atoms with Crippen molar-refractivity contribution in [2.75, 3.05) is 6.61 Å². The first-order chi connectivity index (χ1) is 9.58. The van der Waals surface area contributed by atoms with Crippen molar-refractivity contribution in [1.29, 1.82) is 0 Å². The van der Waals surface area contributed by atoms with E-state index in [2.05, 4.69) is 13.8 Å². The number of hydrogen-bond donors (Lipinski definition) is 0. The first kappa shape index (κ1) is 14.3. The van der Waals surface area contributed by atoms with Crippen molar-refractivity contribution in [2.45, 2.75) is 13.8 Å². The van der Waals surface area contributed by atoms with Gasteiger partial charge >= 0.3 is 0 Å². The molecular weight excluding hydrogens is 255 g/mol. The van der Waals surface area contributed by atoms with Gasteiger partial charge in [-0.15, -0.1) is 0 Å². The highest BCUT2D eigenvalue weighted by atomic mass is 19.1. The lowest BCUT2D eigenvalue weighted by molar-refractivity contribution is 0.103. The Balaban J connectivity index is 2.14. The predicted molar refractivity (Wildman–Crippen MR) is 76.6 cm³/mol. The standard InChI is InChI=1S/C17H17FO2/c1-12(2)11-20-14-9-7-13(8-10-14)17(19)15-5-3-4-6-16(15)18/h3-10,12H,11H2,1-2H3. The van der Waals surface area contributed by atoms with Crippen LogP contribution in [0.1, 0.15) is 29.8 Å². The summed E-state index contributed by atoms with van der Waals surface area (Å²) in [6.45, 7) is 4.76. The third-order valence-corrected chi connectivity index (χ3v) is 2.82.